The zero-order valence-electron chi connectivity index (χ0n) is 11.8. The molecular weight excluding hydrogens is 268 g/mol. The fourth-order valence-electron chi connectivity index (χ4n) is 1.66. The summed E-state index contributed by atoms with van der Waals surface area (Å²) in [6.07, 6.45) is 1.98. The summed E-state index contributed by atoms with van der Waals surface area (Å²) in [5.74, 6) is -0.959. The van der Waals surface area contributed by atoms with Crippen molar-refractivity contribution < 1.29 is 19.4 Å². The molecule has 19 heavy (non-hydrogen) atoms. The average Bonchev–Trinajstić information content (AvgIpc) is 2.70. The molecule has 2 unspecified atom stereocenters. The van der Waals surface area contributed by atoms with Crippen molar-refractivity contribution in [1.29, 1.82) is 0 Å². The summed E-state index contributed by atoms with van der Waals surface area (Å²) in [4.78, 5) is 23.0. The van der Waals surface area contributed by atoms with E-state index in [4.69, 9.17) is 4.74 Å². The van der Waals surface area contributed by atoms with Crippen LogP contribution in [-0.4, -0.2) is 53.9 Å². The molecule has 0 aromatic carbocycles. The normalized spacial score (nSPS) is 27.1. The lowest BCUT2D eigenvalue weighted by molar-refractivity contribution is -0.148. The summed E-state index contributed by atoms with van der Waals surface area (Å²) < 4.78 is 5.12. The SMILES string of the molecule is CSC(C)(C)CNC(=O)NC1COCC1(C)C(=O)O. The lowest BCUT2D eigenvalue weighted by atomic mass is 9.85. The predicted molar refractivity (Wildman–Crippen MR) is 74.5 cm³/mol. The highest BCUT2D eigenvalue weighted by Crippen LogP contribution is 2.28. The smallest absolute Gasteiger partial charge is 0.315 e. The van der Waals surface area contributed by atoms with Crippen LogP contribution in [0.25, 0.3) is 0 Å². The molecule has 0 spiro atoms. The molecule has 1 aliphatic heterocycles. The molecule has 1 aliphatic rings. The lowest BCUT2D eigenvalue weighted by Gasteiger charge is -2.27. The van der Waals surface area contributed by atoms with Crippen molar-refractivity contribution in [3.05, 3.63) is 0 Å². The van der Waals surface area contributed by atoms with Crippen LogP contribution < -0.4 is 10.6 Å². The van der Waals surface area contributed by atoms with Crippen LogP contribution in [0, 0.1) is 5.41 Å². The van der Waals surface area contributed by atoms with Crippen molar-refractivity contribution in [2.75, 3.05) is 26.0 Å². The molecule has 1 fully saturated rings. The number of nitrogens with one attached hydrogen (secondary N) is 2. The monoisotopic (exact) mass is 290 g/mol. The molecule has 2 atom stereocenters. The lowest BCUT2D eigenvalue weighted by Crippen LogP contribution is -2.53. The van der Waals surface area contributed by atoms with Crippen LogP contribution in [0.15, 0.2) is 0 Å². The van der Waals surface area contributed by atoms with Crippen molar-refractivity contribution in [1.82, 2.24) is 10.6 Å². The first kappa shape index (κ1) is 16.1. The molecule has 0 bridgehead atoms. The summed E-state index contributed by atoms with van der Waals surface area (Å²) >= 11 is 1.66. The number of rotatable bonds is 5. The fraction of sp³-hybridized carbons (Fsp3) is 0.833. The van der Waals surface area contributed by atoms with Gasteiger partial charge in [-0.2, -0.15) is 11.8 Å². The fourth-order valence-corrected chi connectivity index (χ4v) is 1.88. The standard InChI is InChI=1S/C12H22N2O4S/c1-11(2,19-4)6-13-10(17)14-8-5-18-7-12(8,3)9(15)16/h8H,5-7H2,1-4H3,(H,15,16)(H2,13,14,17). The molecule has 110 valence electrons. The maximum Gasteiger partial charge on any atom is 0.315 e. The minimum Gasteiger partial charge on any atom is -0.481 e. The summed E-state index contributed by atoms with van der Waals surface area (Å²) in [7, 11) is 0. The molecule has 0 radical (unpaired) electrons. The van der Waals surface area contributed by atoms with Gasteiger partial charge in [0.2, 0.25) is 0 Å². The average molecular weight is 290 g/mol. The van der Waals surface area contributed by atoms with Crippen molar-refractivity contribution in [3.63, 3.8) is 0 Å². The number of thioether (sulfide) groups is 1. The topological polar surface area (TPSA) is 87.7 Å². The van der Waals surface area contributed by atoms with Gasteiger partial charge in [-0.3, -0.25) is 4.79 Å². The highest BCUT2D eigenvalue weighted by atomic mass is 32.2. The van der Waals surface area contributed by atoms with Gasteiger partial charge in [-0.25, -0.2) is 4.79 Å². The second-order valence-electron chi connectivity index (χ2n) is 5.58. The van der Waals surface area contributed by atoms with E-state index in [-0.39, 0.29) is 24.0 Å². The van der Waals surface area contributed by atoms with Crippen molar-refractivity contribution >= 4 is 23.8 Å². The molecule has 6 nitrogen and oxygen atoms in total. The molecule has 2 amide bonds. The van der Waals surface area contributed by atoms with Crippen LogP contribution in [0.3, 0.4) is 0 Å². The number of aliphatic carboxylic acids is 1. The first-order chi connectivity index (χ1) is 8.71. The van der Waals surface area contributed by atoms with E-state index in [2.05, 4.69) is 10.6 Å². The van der Waals surface area contributed by atoms with Crippen LogP contribution in [0.4, 0.5) is 4.79 Å². The molecule has 3 N–H and O–H groups in total. The zero-order valence-corrected chi connectivity index (χ0v) is 12.6. The number of hydrogen-bond acceptors (Lipinski definition) is 4. The minimum atomic E-state index is -1.06. The molecule has 0 aliphatic carbocycles. The maximum absolute atomic E-state index is 11.8. The number of amides is 2. The third-order valence-electron chi connectivity index (χ3n) is 3.48. The Morgan fingerprint density at radius 2 is 2.16 bits per heavy atom. The number of carbonyl (C=O) groups excluding carboxylic acids is 1. The van der Waals surface area contributed by atoms with Gasteiger partial charge in [-0.1, -0.05) is 0 Å². The van der Waals surface area contributed by atoms with E-state index in [1.165, 1.54) is 0 Å². The first-order valence-electron chi connectivity index (χ1n) is 6.12. The van der Waals surface area contributed by atoms with Crippen LogP contribution >= 0.6 is 11.8 Å². The van der Waals surface area contributed by atoms with Gasteiger partial charge in [0, 0.05) is 11.3 Å². The number of carboxylic acid groups (broad SMARTS) is 1. The Labute approximate surface area is 117 Å². The first-order valence-corrected chi connectivity index (χ1v) is 7.34. The molecule has 0 aromatic heterocycles. The Kier molecular flexibility index (Phi) is 5.09. The van der Waals surface area contributed by atoms with Crippen LogP contribution in [-0.2, 0) is 9.53 Å². The minimum absolute atomic E-state index is 0.0559. The molecule has 1 heterocycles. The summed E-state index contributed by atoms with van der Waals surface area (Å²) in [6.45, 7) is 6.48. The highest BCUT2D eigenvalue weighted by molar-refractivity contribution is 7.99. The van der Waals surface area contributed by atoms with Crippen LogP contribution in [0.1, 0.15) is 20.8 Å². The maximum atomic E-state index is 11.8. The van der Waals surface area contributed by atoms with Crippen molar-refractivity contribution in [3.8, 4) is 0 Å². The molecule has 1 rings (SSSR count). The van der Waals surface area contributed by atoms with E-state index in [9.17, 15) is 14.7 Å². The van der Waals surface area contributed by atoms with Crippen LogP contribution in [0.5, 0.6) is 0 Å². The second-order valence-corrected chi connectivity index (χ2v) is 7.09. The number of urea groups is 1. The van der Waals surface area contributed by atoms with E-state index < -0.39 is 17.4 Å². The zero-order chi connectivity index (χ0) is 14.7. The summed E-state index contributed by atoms with van der Waals surface area (Å²) in [5, 5.41) is 14.6. The van der Waals surface area contributed by atoms with E-state index in [0.717, 1.165) is 0 Å². The largest absolute Gasteiger partial charge is 0.481 e. The molecular formula is C12H22N2O4S. The van der Waals surface area contributed by atoms with Gasteiger partial charge in [0.15, 0.2) is 0 Å². The Morgan fingerprint density at radius 3 is 2.68 bits per heavy atom. The predicted octanol–water partition coefficient (Wildman–Crippen LogP) is 0.917. The van der Waals surface area contributed by atoms with E-state index in [0.29, 0.717) is 6.54 Å². The molecule has 7 heteroatoms. The van der Waals surface area contributed by atoms with Crippen molar-refractivity contribution in [2.24, 2.45) is 5.41 Å². The Bertz CT molecular complexity index is 362. The number of hydrogen-bond donors (Lipinski definition) is 3. The summed E-state index contributed by atoms with van der Waals surface area (Å²) in [6, 6.07) is -0.868. The van der Waals surface area contributed by atoms with Gasteiger partial charge in [-0.15, -0.1) is 0 Å². The number of ether oxygens (including phenoxy) is 1. The van der Waals surface area contributed by atoms with E-state index >= 15 is 0 Å². The van der Waals surface area contributed by atoms with Gasteiger partial charge in [-0.05, 0) is 27.0 Å². The Hall–Kier alpha value is -0.950. The Balaban J connectivity index is 2.51. The van der Waals surface area contributed by atoms with Crippen LogP contribution in [0.2, 0.25) is 0 Å². The third kappa shape index (κ3) is 4.01. The second kappa shape index (κ2) is 6.00. The van der Waals surface area contributed by atoms with Gasteiger partial charge >= 0.3 is 12.0 Å². The number of carbonyl (C=O) groups is 2. The Morgan fingerprint density at radius 1 is 1.53 bits per heavy atom. The molecule has 0 aromatic rings. The van der Waals surface area contributed by atoms with Gasteiger partial charge in [0.1, 0.15) is 5.41 Å². The van der Waals surface area contributed by atoms with Gasteiger partial charge in [0.05, 0.1) is 19.3 Å². The van der Waals surface area contributed by atoms with Gasteiger partial charge < -0.3 is 20.5 Å². The third-order valence-corrected chi connectivity index (χ3v) is 4.73. The molecule has 0 saturated carbocycles. The quantitative estimate of drug-likeness (QED) is 0.701. The van der Waals surface area contributed by atoms with Crippen molar-refractivity contribution in [2.45, 2.75) is 31.6 Å². The highest BCUT2D eigenvalue weighted by Gasteiger charge is 2.47. The van der Waals surface area contributed by atoms with E-state index in [1.807, 2.05) is 20.1 Å². The number of carboxylic acids is 1. The molecule has 1 saturated heterocycles. The summed E-state index contributed by atoms with van der Waals surface area (Å²) in [5.41, 5.74) is -1.06. The van der Waals surface area contributed by atoms with Gasteiger partial charge in [0.25, 0.3) is 0 Å². The van der Waals surface area contributed by atoms with E-state index in [1.54, 1.807) is 18.7 Å².